The zero-order valence-electron chi connectivity index (χ0n) is 15.6. The fourth-order valence-corrected chi connectivity index (χ4v) is 4.29. The van der Waals surface area contributed by atoms with Gasteiger partial charge < -0.3 is 19.3 Å². The van der Waals surface area contributed by atoms with Crippen LogP contribution in [0.3, 0.4) is 0 Å². The van der Waals surface area contributed by atoms with Crippen LogP contribution in [0.1, 0.15) is 48.5 Å². The quantitative estimate of drug-likeness (QED) is 0.883. The van der Waals surface area contributed by atoms with Crippen molar-refractivity contribution in [2.75, 3.05) is 25.5 Å². The normalized spacial score (nSPS) is 21.0. The predicted octanol–water partition coefficient (Wildman–Crippen LogP) is 4.14. The van der Waals surface area contributed by atoms with Crippen molar-refractivity contribution in [1.29, 1.82) is 0 Å². The molecule has 0 aliphatic heterocycles. The second kappa shape index (κ2) is 7.08. The minimum atomic E-state index is -0.891. The van der Waals surface area contributed by atoms with Crippen molar-refractivity contribution in [3.05, 3.63) is 29.5 Å². The monoisotopic (exact) mass is 344 g/mol. The highest BCUT2D eigenvalue weighted by Gasteiger charge is 2.28. The average Bonchev–Trinajstić information content (AvgIpc) is 3.03. The van der Waals surface area contributed by atoms with Crippen LogP contribution >= 0.6 is 0 Å². The van der Waals surface area contributed by atoms with Crippen LogP contribution < -0.4 is 4.90 Å². The number of rotatable bonds is 5. The van der Waals surface area contributed by atoms with Crippen molar-refractivity contribution in [2.45, 2.75) is 51.6 Å². The third-order valence-electron chi connectivity index (χ3n) is 5.69. The summed E-state index contributed by atoms with van der Waals surface area (Å²) in [5.74, 6) is -0.891. The van der Waals surface area contributed by atoms with E-state index in [0.717, 1.165) is 30.6 Å². The molecule has 5 heteroatoms. The van der Waals surface area contributed by atoms with Crippen LogP contribution in [-0.4, -0.2) is 48.7 Å². The first kappa shape index (κ1) is 17.8. The molecule has 1 aromatic heterocycles. The van der Waals surface area contributed by atoms with Gasteiger partial charge in [0.25, 0.3) is 0 Å². The Labute approximate surface area is 149 Å². The molecule has 25 heavy (non-hydrogen) atoms. The minimum Gasteiger partial charge on any atom is -0.478 e. The highest BCUT2D eigenvalue weighted by atomic mass is 16.4. The number of carboxylic acid groups (broad SMARTS) is 1. The van der Waals surface area contributed by atoms with Gasteiger partial charge in [0.1, 0.15) is 5.58 Å². The molecule has 3 rings (SSSR count). The van der Waals surface area contributed by atoms with Crippen LogP contribution in [0.5, 0.6) is 0 Å². The Hall–Kier alpha value is -2.01. The summed E-state index contributed by atoms with van der Waals surface area (Å²) in [6.45, 7) is 4.92. The maximum atomic E-state index is 11.8. The van der Waals surface area contributed by atoms with E-state index in [-0.39, 0.29) is 0 Å². The standard InChI is InChI=1S/C20H28N2O3/c1-5-22(15-8-6-14(7-9-15)21(3)4)17-12-18-16(10-11-25-18)19(13(17)2)20(23)24/h10-12,14-15H,5-9H2,1-4H3,(H,23,24). The molecule has 1 heterocycles. The SMILES string of the molecule is CCN(c1cc2occc2c(C(=O)O)c1C)C1CCC(N(C)C)CC1. The summed E-state index contributed by atoms with van der Waals surface area (Å²) in [6.07, 6.45) is 6.20. The van der Waals surface area contributed by atoms with E-state index in [4.69, 9.17) is 4.42 Å². The molecule has 2 aromatic rings. The van der Waals surface area contributed by atoms with E-state index < -0.39 is 5.97 Å². The van der Waals surface area contributed by atoms with Gasteiger partial charge in [0.05, 0.1) is 11.8 Å². The number of hydrogen-bond donors (Lipinski definition) is 1. The molecule has 0 bridgehead atoms. The van der Waals surface area contributed by atoms with Gasteiger partial charge in [0.15, 0.2) is 0 Å². The lowest BCUT2D eigenvalue weighted by Gasteiger charge is -2.40. The number of anilines is 1. The predicted molar refractivity (Wildman–Crippen MR) is 101 cm³/mol. The van der Waals surface area contributed by atoms with Crippen molar-refractivity contribution in [1.82, 2.24) is 4.90 Å². The summed E-state index contributed by atoms with van der Waals surface area (Å²) in [5.41, 5.74) is 2.84. The van der Waals surface area contributed by atoms with Gasteiger partial charge in [0.2, 0.25) is 0 Å². The second-order valence-electron chi connectivity index (χ2n) is 7.25. The molecule has 0 radical (unpaired) electrons. The second-order valence-corrected chi connectivity index (χ2v) is 7.25. The van der Waals surface area contributed by atoms with Crippen molar-refractivity contribution < 1.29 is 14.3 Å². The lowest BCUT2D eigenvalue weighted by atomic mass is 9.88. The average molecular weight is 344 g/mol. The maximum absolute atomic E-state index is 11.8. The van der Waals surface area contributed by atoms with E-state index in [1.165, 1.54) is 12.8 Å². The summed E-state index contributed by atoms with van der Waals surface area (Å²) < 4.78 is 5.54. The van der Waals surface area contributed by atoms with Gasteiger partial charge in [-0.15, -0.1) is 0 Å². The van der Waals surface area contributed by atoms with Crippen LogP contribution in [0, 0.1) is 6.92 Å². The molecule has 0 saturated heterocycles. The van der Waals surface area contributed by atoms with Gasteiger partial charge in [-0.2, -0.15) is 0 Å². The first-order chi connectivity index (χ1) is 11.9. The Morgan fingerprint density at radius 2 is 1.88 bits per heavy atom. The third-order valence-corrected chi connectivity index (χ3v) is 5.69. The molecule has 1 aromatic carbocycles. The first-order valence-electron chi connectivity index (χ1n) is 9.11. The minimum absolute atomic E-state index is 0.363. The molecule has 1 fully saturated rings. The zero-order chi connectivity index (χ0) is 18.1. The Morgan fingerprint density at radius 3 is 2.44 bits per heavy atom. The van der Waals surface area contributed by atoms with Gasteiger partial charge in [0, 0.05) is 35.8 Å². The molecule has 1 aliphatic carbocycles. The van der Waals surface area contributed by atoms with Crippen molar-refractivity contribution in [3.63, 3.8) is 0 Å². The first-order valence-corrected chi connectivity index (χ1v) is 9.11. The van der Waals surface area contributed by atoms with Gasteiger partial charge >= 0.3 is 5.97 Å². The highest BCUT2D eigenvalue weighted by Crippen LogP contribution is 2.36. The van der Waals surface area contributed by atoms with Crippen molar-refractivity contribution in [3.8, 4) is 0 Å². The van der Waals surface area contributed by atoms with Crippen LogP contribution in [0.25, 0.3) is 11.0 Å². The van der Waals surface area contributed by atoms with Gasteiger partial charge in [-0.3, -0.25) is 0 Å². The summed E-state index contributed by atoms with van der Waals surface area (Å²) in [7, 11) is 4.30. The number of benzene rings is 1. The molecule has 0 amide bonds. The molecule has 136 valence electrons. The number of carbonyl (C=O) groups is 1. The van der Waals surface area contributed by atoms with Crippen molar-refractivity contribution in [2.24, 2.45) is 0 Å². The van der Waals surface area contributed by atoms with Crippen molar-refractivity contribution >= 4 is 22.6 Å². The number of fused-ring (bicyclic) bond motifs is 1. The van der Waals surface area contributed by atoms with E-state index in [0.29, 0.717) is 28.6 Å². The van der Waals surface area contributed by atoms with Crippen LogP contribution in [0.4, 0.5) is 5.69 Å². The fourth-order valence-electron chi connectivity index (χ4n) is 4.29. The van der Waals surface area contributed by atoms with Gasteiger partial charge in [-0.05, 0) is 65.3 Å². The zero-order valence-corrected chi connectivity index (χ0v) is 15.6. The van der Waals surface area contributed by atoms with Crippen LogP contribution in [-0.2, 0) is 0 Å². The molecular weight excluding hydrogens is 316 g/mol. The molecule has 1 saturated carbocycles. The molecule has 0 unspecified atom stereocenters. The number of nitrogens with zero attached hydrogens (tertiary/aromatic N) is 2. The molecule has 0 atom stereocenters. The summed E-state index contributed by atoms with van der Waals surface area (Å²) in [4.78, 5) is 16.5. The van der Waals surface area contributed by atoms with E-state index in [2.05, 4.69) is 30.8 Å². The number of furan rings is 1. The fraction of sp³-hybridized carbons (Fsp3) is 0.550. The Kier molecular flexibility index (Phi) is 5.04. The van der Waals surface area contributed by atoms with E-state index >= 15 is 0 Å². The Morgan fingerprint density at radius 1 is 1.24 bits per heavy atom. The Balaban J connectivity index is 1.96. The van der Waals surface area contributed by atoms with Crippen LogP contribution in [0.2, 0.25) is 0 Å². The molecule has 1 N–H and O–H groups in total. The summed E-state index contributed by atoms with van der Waals surface area (Å²) in [6, 6.07) is 4.86. The highest BCUT2D eigenvalue weighted by molar-refractivity contribution is 6.05. The summed E-state index contributed by atoms with van der Waals surface area (Å²) in [5, 5.41) is 10.4. The molecule has 0 spiro atoms. The van der Waals surface area contributed by atoms with Crippen LogP contribution in [0.15, 0.2) is 22.8 Å². The van der Waals surface area contributed by atoms with Gasteiger partial charge in [-0.1, -0.05) is 0 Å². The third kappa shape index (κ3) is 3.25. The molecular formula is C20H28N2O3. The summed E-state index contributed by atoms with van der Waals surface area (Å²) >= 11 is 0. The smallest absolute Gasteiger partial charge is 0.336 e. The maximum Gasteiger partial charge on any atom is 0.336 e. The molecule has 1 aliphatic rings. The number of hydrogen-bond acceptors (Lipinski definition) is 4. The number of carboxylic acids is 1. The lowest BCUT2D eigenvalue weighted by Crippen LogP contribution is -2.42. The van der Waals surface area contributed by atoms with E-state index in [1.54, 1.807) is 12.3 Å². The molecule has 5 nitrogen and oxygen atoms in total. The number of aromatic carboxylic acids is 1. The van der Waals surface area contributed by atoms with E-state index in [9.17, 15) is 9.90 Å². The topological polar surface area (TPSA) is 56.9 Å². The lowest BCUT2D eigenvalue weighted by molar-refractivity contribution is 0.0698. The largest absolute Gasteiger partial charge is 0.478 e. The Bertz CT molecular complexity index is 758. The van der Waals surface area contributed by atoms with E-state index in [1.807, 2.05) is 13.0 Å². The van der Waals surface area contributed by atoms with Gasteiger partial charge in [-0.25, -0.2) is 4.79 Å².